The highest BCUT2D eigenvalue weighted by Crippen LogP contribution is 2.25. The van der Waals surface area contributed by atoms with E-state index >= 15 is 0 Å². The molecule has 90 valence electrons. The highest BCUT2D eigenvalue weighted by atomic mass is 16.3. The number of aromatic hydroxyl groups is 1. The number of phenols is 1. The number of H-pyrrole nitrogens is 1. The highest BCUT2D eigenvalue weighted by molar-refractivity contribution is 5.92. The average Bonchev–Trinajstić information content (AvgIpc) is 2.89. The summed E-state index contributed by atoms with van der Waals surface area (Å²) in [6.45, 7) is 0.613. The predicted molar refractivity (Wildman–Crippen MR) is 69.3 cm³/mol. The Labute approximate surface area is 104 Å². The van der Waals surface area contributed by atoms with Crippen LogP contribution in [-0.4, -0.2) is 20.1 Å². The minimum atomic E-state index is 0.236. The lowest BCUT2D eigenvalue weighted by Crippen LogP contribution is -2.01. The Morgan fingerprint density at radius 2 is 2.22 bits per heavy atom. The monoisotopic (exact) mass is 240 g/mol. The molecule has 0 unspecified atom stereocenters. The molecule has 3 aromatic rings. The summed E-state index contributed by atoms with van der Waals surface area (Å²) in [6, 6.07) is 7.16. The van der Waals surface area contributed by atoms with Crippen LogP contribution >= 0.6 is 0 Å². The number of rotatable bonds is 3. The van der Waals surface area contributed by atoms with E-state index < -0.39 is 0 Å². The predicted octanol–water partition coefficient (Wildman–Crippen LogP) is 2.28. The molecule has 2 heterocycles. The van der Waals surface area contributed by atoms with Crippen molar-refractivity contribution in [3.63, 3.8) is 0 Å². The molecule has 18 heavy (non-hydrogen) atoms. The van der Waals surface area contributed by atoms with E-state index in [1.807, 2.05) is 12.1 Å². The molecule has 0 saturated carbocycles. The molecule has 0 radical (unpaired) electrons. The topological polar surface area (TPSA) is 73.8 Å². The van der Waals surface area contributed by atoms with Crippen LogP contribution in [0.3, 0.4) is 0 Å². The van der Waals surface area contributed by atoms with Crippen molar-refractivity contribution in [2.24, 2.45) is 0 Å². The molecule has 1 aromatic carbocycles. The van der Waals surface area contributed by atoms with Crippen molar-refractivity contribution in [3.8, 4) is 5.75 Å². The number of anilines is 1. The van der Waals surface area contributed by atoms with Gasteiger partial charge < -0.3 is 15.4 Å². The summed E-state index contributed by atoms with van der Waals surface area (Å²) in [5, 5.41) is 14.7. The number of hydrogen-bond donors (Lipinski definition) is 3. The Morgan fingerprint density at radius 3 is 3.06 bits per heavy atom. The van der Waals surface area contributed by atoms with Crippen LogP contribution in [0.5, 0.6) is 5.75 Å². The van der Waals surface area contributed by atoms with Gasteiger partial charge in [0.1, 0.15) is 11.6 Å². The molecule has 3 N–H and O–H groups in total. The summed E-state index contributed by atoms with van der Waals surface area (Å²) >= 11 is 0. The number of hydrogen-bond acceptors (Lipinski definition) is 4. The number of phenolic OH excluding ortho intramolecular Hbond substituents is 1. The van der Waals surface area contributed by atoms with E-state index in [1.165, 1.54) is 0 Å². The maximum absolute atomic E-state index is 9.54. The Morgan fingerprint density at radius 1 is 1.28 bits per heavy atom. The second kappa shape index (κ2) is 4.37. The first-order valence-electron chi connectivity index (χ1n) is 5.62. The molecule has 0 atom stereocenters. The quantitative estimate of drug-likeness (QED) is 0.656. The maximum atomic E-state index is 9.54. The number of nitrogens with one attached hydrogen (secondary N) is 2. The molecule has 0 amide bonds. The van der Waals surface area contributed by atoms with Gasteiger partial charge in [-0.05, 0) is 23.6 Å². The number of aromatic amines is 1. The number of pyridine rings is 1. The summed E-state index contributed by atoms with van der Waals surface area (Å²) in [4.78, 5) is 11.3. The minimum Gasteiger partial charge on any atom is -0.508 e. The number of benzene rings is 1. The normalized spacial score (nSPS) is 10.7. The number of fused-ring (bicyclic) bond motifs is 1. The third-order valence-corrected chi connectivity index (χ3v) is 2.75. The largest absolute Gasteiger partial charge is 0.508 e. The molecule has 0 aliphatic rings. The van der Waals surface area contributed by atoms with Crippen LogP contribution in [0.2, 0.25) is 0 Å². The summed E-state index contributed by atoms with van der Waals surface area (Å²) in [5.41, 5.74) is 0.981. The van der Waals surface area contributed by atoms with Gasteiger partial charge in [-0.25, -0.2) is 9.97 Å². The van der Waals surface area contributed by atoms with Gasteiger partial charge in [0.05, 0.1) is 18.6 Å². The van der Waals surface area contributed by atoms with Crippen molar-refractivity contribution >= 4 is 16.6 Å². The van der Waals surface area contributed by atoms with Crippen LogP contribution < -0.4 is 5.32 Å². The lowest BCUT2D eigenvalue weighted by atomic mass is 10.1. The lowest BCUT2D eigenvalue weighted by Gasteiger charge is -2.07. The van der Waals surface area contributed by atoms with Gasteiger partial charge in [0.25, 0.3) is 0 Å². The summed E-state index contributed by atoms with van der Waals surface area (Å²) in [7, 11) is 0. The first-order valence-corrected chi connectivity index (χ1v) is 5.62. The van der Waals surface area contributed by atoms with E-state index in [0.29, 0.717) is 6.54 Å². The molecular weight excluding hydrogens is 228 g/mol. The molecule has 3 rings (SSSR count). The fourth-order valence-corrected chi connectivity index (χ4v) is 1.86. The van der Waals surface area contributed by atoms with Gasteiger partial charge in [0.2, 0.25) is 0 Å². The summed E-state index contributed by atoms with van der Waals surface area (Å²) < 4.78 is 0. The van der Waals surface area contributed by atoms with Gasteiger partial charge in [0.15, 0.2) is 0 Å². The second-order valence-electron chi connectivity index (χ2n) is 4.00. The first-order chi connectivity index (χ1) is 8.83. The number of aromatic nitrogens is 3. The van der Waals surface area contributed by atoms with Crippen molar-refractivity contribution < 1.29 is 5.11 Å². The highest BCUT2D eigenvalue weighted by Gasteiger charge is 2.03. The molecule has 0 bridgehead atoms. The van der Waals surface area contributed by atoms with E-state index in [1.54, 1.807) is 30.9 Å². The minimum absolute atomic E-state index is 0.236. The fourth-order valence-electron chi connectivity index (χ4n) is 1.86. The van der Waals surface area contributed by atoms with Gasteiger partial charge in [-0.1, -0.05) is 6.07 Å². The summed E-state index contributed by atoms with van der Waals surface area (Å²) in [5.74, 6) is 0.984. The van der Waals surface area contributed by atoms with Gasteiger partial charge in [0, 0.05) is 17.8 Å². The standard InChI is InChI=1S/C13H12N4O/c18-11-2-1-9-3-4-15-13(12(9)5-11)16-7-10-6-14-8-17-10/h1-6,8,18H,7H2,(H,14,17)(H,15,16). The number of imidazole rings is 1. The van der Waals surface area contributed by atoms with Crippen molar-refractivity contribution in [3.05, 3.63) is 48.7 Å². The molecule has 2 aromatic heterocycles. The SMILES string of the molecule is Oc1ccc2ccnc(NCc3cnc[nH]3)c2c1. The third kappa shape index (κ3) is 1.98. The van der Waals surface area contributed by atoms with Crippen LogP contribution in [-0.2, 0) is 6.54 Å². The third-order valence-electron chi connectivity index (χ3n) is 2.75. The van der Waals surface area contributed by atoms with E-state index in [-0.39, 0.29) is 5.75 Å². The fraction of sp³-hybridized carbons (Fsp3) is 0.0769. The van der Waals surface area contributed by atoms with Crippen LogP contribution in [0, 0.1) is 0 Å². The van der Waals surface area contributed by atoms with E-state index in [4.69, 9.17) is 0 Å². The molecule has 0 fully saturated rings. The van der Waals surface area contributed by atoms with Crippen LogP contribution in [0.15, 0.2) is 43.0 Å². The zero-order valence-electron chi connectivity index (χ0n) is 9.59. The first kappa shape index (κ1) is 10.6. The molecule has 0 aliphatic carbocycles. The van der Waals surface area contributed by atoms with E-state index in [2.05, 4.69) is 20.3 Å². The van der Waals surface area contributed by atoms with Crippen LogP contribution in [0.4, 0.5) is 5.82 Å². The van der Waals surface area contributed by atoms with E-state index in [0.717, 1.165) is 22.3 Å². The Bertz CT molecular complexity index is 664. The lowest BCUT2D eigenvalue weighted by molar-refractivity contribution is 0.476. The molecule has 5 heteroatoms. The van der Waals surface area contributed by atoms with Crippen molar-refractivity contribution in [1.29, 1.82) is 0 Å². The van der Waals surface area contributed by atoms with Gasteiger partial charge in [-0.2, -0.15) is 0 Å². The number of nitrogens with zero attached hydrogens (tertiary/aromatic N) is 2. The van der Waals surface area contributed by atoms with Crippen molar-refractivity contribution in [2.45, 2.75) is 6.54 Å². The van der Waals surface area contributed by atoms with Crippen molar-refractivity contribution in [1.82, 2.24) is 15.0 Å². The van der Waals surface area contributed by atoms with E-state index in [9.17, 15) is 5.11 Å². The summed E-state index contributed by atoms with van der Waals surface area (Å²) in [6.07, 6.45) is 5.14. The zero-order valence-corrected chi connectivity index (χ0v) is 9.59. The van der Waals surface area contributed by atoms with Gasteiger partial charge in [-0.15, -0.1) is 0 Å². The molecular formula is C13H12N4O. The zero-order chi connectivity index (χ0) is 12.4. The Kier molecular flexibility index (Phi) is 2.57. The van der Waals surface area contributed by atoms with Gasteiger partial charge in [-0.3, -0.25) is 0 Å². The molecule has 5 nitrogen and oxygen atoms in total. The van der Waals surface area contributed by atoms with Crippen LogP contribution in [0.25, 0.3) is 10.8 Å². The van der Waals surface area contributed by atoms with Crippen LogP contribution in [0.1, 0.15) is 5.69 Å². The Balaban J connectivity index is 1.93. The molecule has 0 spiro atoms. The second-order valence-corrected chi connectivity index (χ2v) is 4.00. The Hall–Kier alpha value is -2.56. The maximum Gasteiger partial charge on any atom is 0.134 e. The van der Waals surface area contributed by atoms with Gasteiger partial charge >= 0.3 is 0 Å². The van der Waals surface area contributed by atoms with Crippen molar-refractivity contribution in [2.75, 3.05) is 5.32 Å². The molecule has 0 saturated heterocycles. The molecule has 0 aliphatic heterocycles. The average molecular weight is 240 g/mol. The smallest absolute Gasteiger partial charge is 0.134 e.